The third-order valence-electron chi connectivity index (χ3n) is 3.88. The van der Waals surface area contributed by atoms with Gasteiger partial charge in [-0.15, -0.1) is 0 Å². The molecule has 2 N–H and O–H groups in total. The Morgan fingerprint density at radius 3 is 2.14 bits per heavy atom. The van der Waals surface area contributed by atoms with Crippen molar-refractivity contribution in [2.24, 2.45) is 5.73 Å². The number of alkyl halides is 3. The highest BCUT2D eigenvalue weighted by molar-refractivity contribution is 5.96. The van der Waals surface area contributed by atoms with Crippen LogP contribution in [0.4, 0.5) is 13.2 Å². The summed E-state index contributed by atoms with van der Waals surface area (Å²) in [7, 11) is 0. The van der Waals surface area contributed by atoms with Crippen molar-refractivity contribution >= 4 is 11.8 Å². The third-order valence-corrected chi connectivity index (χ3v) is 3.88. The van der Waals surface area contributed by atoms with E-state index in [1.54, 1.807) is 4.90 Å². The minimum absolute atomic E-state index is 0.125. The molecule has 1 saturated heterocycles. The molecule has 1 heterocycles. The Bertz CT molecular complexity index is 547. The van der Waals surface area contributed by atoms with Gasteiger partial charge in [0, 0.05) is 13.1 Å². The summed E-state index contributed by atoms with van der Waals surface area (Å²) in [5.74, 6) is -0.826. The molecule has 1 aliphatic heterocycles. The predicted molar refractivity (Wildman–Crippen MR) is 73.8 cm³/mol. The van der Waals surface area contributed by atoms with Gasteiger partial charge in [0.15, 0.2) is 0 Å². The van der Waals surface area contributed by atoms with Crippen molar-refractivity contribution in [2.45, 2.75) is 31.4 Å². The van der Waals surface area contributed by atoms with E-state index < -0.39 is 17.6 Å². The molecule has 0 radical (unpaired) electrons. The second-order valence-corrected chi connectivity index (χ2v) is 5.42. The molecule has 0 aromatic heterocycles. The minimum atomic E-state index is -4.33. The van der Waals surface area contributed by atoms with Gasteiger partial charge in [0.25, 0.3) is 0 Å². The molecule has 2 amide bonds. The molecule has 0 bridgehead atoms. The lowest BCUT2D eigenvalue weighted by Gasteiger charge is -2.32. The van der Waals surface area contributed by atoms with Gasteiger partial charge >= 0.3 is 6.18 Å². The van der Waals surface area contributed by atoms with E-state index in [1.807, 2.05) is 0 Å². The molecule has 4 nitrogen and oxygen atoms in total. The molecule has 0 aliphatic carbocycles. The first-order valence-electron chi connectivity index (χ1n) is 7.00. The lowest BCUT2D eigenvalue weighted by Crippen LogP contribution is -2.39. The monoisotopic (exact) mass is 314 g/mol. The fourth-order valence-corrected chi connectivity index (χ4v) is 2.67. The number of likely N-dealkylation sites (tertiary alicyclic amines) is 1. The van der Waals surface area contributed by atoms with E-state index in [4.69, 9.17) is 5.73 Å². The van der Waals surface area contributed by atoms with E-state index in [9.17, 15) is 22.8 Å². The average Bonchev–Trinajstić information content (AvgIpc) is 2.46. The van der Waals surface area contributed by atoms with Crippen molar-refractivity contribution in [1.82, 2.24) is 4.90 Å². The number of rotatable bonds is 3. The molecular formula is C15H17F3N2O2. The average molecular weight is 314 g/mol. The number of amides is 2. The van der Waals surface area contributed by atoms with Crippen molar-refractivity contribution in [1.29, 1.82) is 0 Å². The summed E-state index contributed by atoms with van der Waals surface area (Å²) in [5.41, 5.74) is 5.17. The van der Waals surface area contributed by atoms with E-state index in [-0.39, 0.29) is 18.2 Å². The maximum Gasteiger partial charge on any atom is 0.416 e. The standard InChI is InChI=1S/C15H17F3N2O2/c16-15(17,18)12-3-1-10(2-4-12)11-5-7-20(8-6-11)14(22)9-13(19)21/h1-4,11H,5-9H2,(H2,19,21). The van der Waals surface area contributed by atoms with Gasteiger partial charge < -0.3 is 10.6 Å². The predicted octanol–water partition coefficient (Wildman–Crippen LogP) is 2.29. The van der Waals surface area contributed by atoms with Crippen LogP contribution in [0.15, 0.2) is 24.3 Å². The number of halogens is 3. The summed E-state index contributed by atoms with van der Waals surface area (Å²) in [4.78, 5) is 24.0. The quantitative estimate of drug-likeness (QED) is 0.870. The van der Waals surface area contributed by atoms with Crippen LogP contribution in [-0.4, -0.2) is 29.8 Å². The molecule has 0 saturated carbocycles. The summed E-state index contributed by atoms with van der Waals surface area (Å²) >= 11 is 0. The molecule has 120 valence electrons. The summed E-state index contributed by atoms with van der Waals surface area (Å²) in [5, 5.41) is 0. The molecule has 1 aliphatic rings. The largest absolute Gasteiger partial charge is 0.416 e. The van der Waals surface area contributed by atoms with Crippen LogP contribution >= 0.6 is 0 Å². The first-order chi connectivity index (χ1) is 10.3. The summed E-state index contributed by atoms with van der Waals surface area (Å²) in [6.07, 6.45) is -3.31. The highest BCUT2D eigenvalue weighted by atomic mass is 19.4. The maximum absolute atomic E-state index is 12.5. The van der Waals surface area contributed by atoms with Crippen molar-refractivity contribution in [2.75, 3.05) is 13.1 Å². The molecule has 1 aromatic rings. The normalized spacial score (nSPS) is 16.6. The molecular weight excluding hydrogens is 297 g/mol. The second-order valence-electron chi connectivity index (χ2n) is 5.42. The molecule has 0 atom stereocenters. The zero-order valence-electron chi connectivity index (χ0n) is 11.9. The van der Waals surface area contributed by atoms with E-state index >= 15 is 0 Å². The zero-order valence-corrected chi connectivity index (χ0v) is 11.9. The van der Waals surface area contributed by atoms with Crippen LogP contribution in [-0.2, 0) is 15.8 Å². The second kappa shape index (κ2) is 6.37. The van der Waals surface area contributed by atoms with Crippen molar-refractivity contribution < 1.29 is 22.8 Å². The van der Waals surface area contributed by atoms with Crippen LogP contribution in [0, 0.1) is 0 Å². The number of hydrogen-bond acceptors (Lipinski definition) is 2. The highest BCUT2D eigenvalue weighted by Crippen LogP contribution is 2.32. The number of nitrogens with zero attached hydrogens (tertiary/aromatic N) is 1. The maximum atomic E-state index is 12.5. The molecule has 7 heteroatoms. The van der Waals surface area contributed by atoms with Crippen LogP contribution in [0.3, 0.4) is 0 Å². The zero-order chi connectivity index (χ0) is 16.3. The number of benzene rings is 1. The molecule has 1 fully saturated rings. The van der Waals surface area contributed by atoms with Gasteiger partial charge in [-0.25, -0.2) is 0 Å². The van der Waals surface area contributed by atoms with E-state index in [0.29, 0.717) is 25.9 Å². The number of primary amides is 1. The fourth-order valence-electron chi connectivity index (χ4n) is 2.67. The fraction of sp³-hybridized carbons (Fsp3) is 0.467. The summed E-state index contributed by atoms with van der Waals surface area (Å²) in [6.45, 7) is 0.968. The van der Waals surface area contributed by atoms with Crippen molar-refractivity contribution in [3.63, 3.8) is 0 Å². The van der Waals surface area contributed by atoms with Crippen LogP contribution < -0.4 is 5.73 Å². The lowest BCUT2D eigenvalue weighted by molar-refractivity contribution is -0.138. The van der Waals surface area contributed by atoms with E-state index in [1.165, 1.54) is 12.1 Å². The summed E-state index contributed by atoms with van der Waals surface area (Å²) < 4.78 is 37.6. The number of carbonyl (C=O) groups is 2. The Labute approximate surface area is 126 Å². The smallest absolute Gasteiger partial charge is 0.369 e. The number of nitrogens with two attached hydrogens (primary N) is 1. The first kappa shape index (κ1) is 16.3. The SMILES string of the molecule is NC(=O)CC(=O)N1CCC(c2ccc(C(F)(F)F)cc2)CC1. The number of carbonyl (C=O) groups excluding carboxylic acids is 2. The molecule has 0 unspecified atom stereocenters. The van der Waals surface area contributed by atoms with Gasteiger partial charge in [-0.2, -0.15) is 13.2 Å². The van der Waals surface area contributed by atoms with Crippen LogP contribution in [0.5, 0.6) is 0 Å². The van der Waals surface area contributed by atoms with Crippen molar-refractivity contribution in [3.05, 3.63) is 35.4 Å². The lowest BCUT2D eigenvalue weighted by atomic mass is 9.89. The van der Waals surface area contributed by atoms with E-state index in [0.717, 1.165) is 17.7 Å². The van der Waals surface area contributed by atoms with Crippen molar-refractivity contribution in [3.8, 4) is 0 Å². The van der Waals surface area contributed by atoms with E-state index in [2.05, 4.69) is 0 Å². The Hall–Kier alpha value is -2.05. The minimum Gasteiger partial charge on any atom is -0.369 e. The number of piperidine rings is 1. The van der Waals surface area contributed by atoms with Gasteiger partial charge in [-0.05, 0) is 36.5 Å². The van der Waals surface area contributed by atoms with Gasteiger partial charge in [-0.3, -0.25) is 9.59 Å². The first-order valence-corrected chi connectivity index (χ1v) is 7.00. The molecule has 2 rings (SSSR count). The molecule has 0 spiro atoms. The Morgan fingerprint density at radius 1 is 1.14 bits per heavy atom. The Morgan fingerprint density at radius 2 is 1.68 bits per heavy atom. The molecule has 1 aromatic carbocycles. The van der Waals surface area contributed by atoms with Gasteiger partial charge in [0.1, 0.15) is 6.42 Å². The summed E-state index contributed by atoms with van der Waals surface area (Å²) in [6, 6.07) is 5.16. The number of hydrogen-bond donors (Lipinski definition) is 1. The van der Waals surface area contributed by atoms with Crippen LogP contribution in [0.25, 0.3) is 0 Å². The highest BCUT2D eigenvalue weighted by Gasteiger charge is 2.30. The van der Waals surface area contributed by atoms with Crippen LogP contribution in [0.1, 0.15) is 36.3 Å². The van der Waals surface area contributed by atoms with Gasteiger partial charge in [-0.1, -0.05) is 12.1 Å². The molecule has 22 heavy (non-hydrogen) atoms. The Balaban J connectivity index is 1.94. The van der Waals surface area contributed by atoms with Gasteiger partial charge in [0.2, 0.25) is 11.8 Å². The third kappa shape index (κ3) is 3.99. The topological polar surface area (TPSA) is 63.4 Å². The van der Waals surface area contributed by atoms with Gasteiger partial charge in [0.05, 0.1) is 5.56 Å². The Kier molecular flexibility index (Phi) is 4.73. The van der Waals surface area contributed by atoms with Crippen LogP contribution in [0.2, 0.25) is 0 Å².